The van der Waals surface area contributed by atoms with Gasteiger partial charge in [0.2, 0.25) is 0 Å². The fourth-order valence-corrected chi connectivity index (χ4v) is 3.22. The number of aliphatic hydroxyl groups excluding tert-OH is 1. The molecule has 1 heterocycles. The lowest BCUT2D eigenvalue weighted by molar-refractivity contribution is -0.130. The first-order valence-corrected chi connectivity index (χ1v) is 8.78. The van der Waals surface area contributed by atoms with Crippen LogP contribution < -0.4 is 0 Å². The number of nitrogens with zero attached hydrogens (tertiary/aromatic N) is 1. The third-order valence-corrected chi connectivity index (χ3v) is 4.61. The molecular formula is C22H22FNO3. The fourth-order valence-electron chi connectivity index (χ4n) is 3.22. The van der Waals surface area contributed by atoms with Crippen molar-refractivity contribution >= 4 is 11.7 Å². The lowest BCUT2D eigenvalue weighted by Gasteiger charge is -2.29. The molecule has 140 valence electrons. The molecule has 2 aromatic rings. The summed E-state index contributed by atoms with van der Waals surface area (Å²) in [5, 5.41) is 10.5. The van der Waals surface area contributed by atoms with Crippen LogP contribution in [0.5, 0.6) is 0 Å². The highest BCUT2D eigenvalue weighted by Gasteiger charge is 2.45. The molecule has 0 bridgehead atoms. The molecule has 2 aromatic carbocycles. The summed E-state index contributed by atoms with van der Waals surface area (Å²) in [7, 11) is 0. The monoisotopic (exact) mass is 367 g/mol. The minimum absolute atomic E-state index is 0.0649. The van der Waals surface area contributed by atoms with Crippen molar-refractivity contribution in [2.45, 2.75) is 33.4 Å². The second-order valence-corrected chi connectivity index (χ2v) is 7.71. The first-order valence-electron chi connectivity index (χ1n) is 8.78. The quantitative estimate of drug-likeness (QED) is 0.875. The fraction of sp³-hybridized carbons (Fsp3) is 0.273. The van der Waals surface area contributed by atoms with Crippen LogP contribution in [-0.2, 0) is 16.1 Å². The Bertz CT molecular complexity index is 895. The number of ketones is 1. The van der Waals surface area contributed by atoms with Crippen LogP contribution in [0.25, 0.3) is 0 Å². The standard InChI is InChI=1S/C22H22FNO3/c1-22(2,3)20(26)17-18(15-9-11-16(23)12-10-15)24(21(27)19(17)25)13-14-7-5-4-6-8-14/h4-12,18,25H,13H2,1-3H3/t18-/m1/s1. The van der Waals surface area contributed by atoms with Crippen molar-refractivity contribution < 1.29 is 19.1 Å². The Morgan fingerprint density at radius 2 is 1.67 bits per heavy atom. The number of benzene rings is 2. The summed E-state index contributed by atoms with van der Waals surface area (Å²) >= 11 is 0. The van der Waals surface area contributed by atoms with Crippen molar-refractivity contribution in [1.29, 1.82) is 0 Å². The van der Waals surface area contributed by atoms with Gasteiger partial charge in [0.1, 0.15) is 5.82 Å². The second kappa shape index (κ2) is 6.99. The molecule has 0 aromatic heterocycles. The van der Waals surface area contributed by atoms with Gasteiger partial charge in [-0.1, -0.05) is 63.2 Å². The predicted octanol–water partition coefficient (Wildman–Crippen LogP) is 4.34. The van der Waals surface area contributed by atoms with E-state index in [9.17, 15) is 19.1 Å². The summed E-state index contributed by atoms with van der Waals surface area (Å²) < 4.78 is 13.4. The molecule has 27 heavy (non-hydrogen) atoms. The third kappa shape index (κ3) is 3.63. The third-order valence-electron chi connectivity index (χ3n) is 4.61. The summed E-state index contributed by atoms with van der Waals surface area (Å²) in [4.78, 5) is 27.2. The number of halogens is 1. The summed E-state index contributed by atoms with van der Waals surface area (Å²) in [6, 6.07) is 14.2. The lowest BCUT2D eigenvalue weighted by atomic mass is 9.82. The Balaban J connectivity index is 2.09. The Morgan fingerprint density at radius 1 is 1.07 bits per heavy atom. The molecule has 0 unspecified atom stereocenters. The molecule has 1 amide bonds. The topological polar surface area (TPSA) is 57.6 Å². The maximum Gasteiger partial charge on any atom is 0.290 e. The number of Topliss-reactive ketones (excluding diaryl/α,β-unsaturated/α-hetero) is 1. The van der Waals surface area contributed by atoms with Gasteiger partial charge in [-0.15, -0.1) is 0 Å². The molecule has 0 saturated heterocycles. The normalized spacial score (nSPS) is 17.6. The van der Waals surface area contributed by atoms with E-state index in [1.165, 1.54) is 17.0 Å². The predicted molar refractivity (Wildman–Crippen MR) is 100 cm³/mol. The molecule has 4 nitrogen and oxygen atoms in total. The molecule has 0 aliphatic carbocycles. The second-order valence-electron chi connectivity index (χ2n) is 7.71. The van der Waals surface area contributed by atoms with E-state index in [0.717, 1.165) is 5.56 Å². The van der Waals surface area contributed by atoms with Crippen LogP contribution in [0.15, 0.2) is 65.9 Å². The SMILES string of the molecule is CC(C)(C)C(=O)C1=C(O)C(=O)N(Cc2ccccc2)[C@@H]1c1ccc(F)cc1. The van der Waals surface area contributed by atoms with E-state index >= 15 is 0 Å². The van der Waals surface area contributed by atoms with Gasteiger partial charge in [0, 0.05) is 12.0 Å². The number of rotatable bonds is 4. The molecule has 0 saturated carbocycles. The maximum absolute atomic E-state index is 13.4. The molecule has 3 rings (SSSR count). The summed E-state index contributed by atoms with van der Waals surface area (Å²) in [5.41, 5.74) is 0.743. The summed E-state index contributed by atoms with van der Waals surface area (Å²) in [5.74, 6) is -1.84. The molecule has 1 aliphatic rings. The number of amides is 1. The molecule has 1 aliphatic heterocycles. The van der Waals surface area contributed by atoms with Crippen LogP contribution in [0, 0.1) is 11.2 Å². The lowest BCUT2D eigenvalue weighted by Crippen LogP contribution is -2.32. The number of carbonyl (C=O) groups excluding carboxylic acids is 2. The Morgan fingerprint density at radius 3 is 2.22 bits per heavy atom. The highest BCUT2D eigenvalue weighted by Crippen LogP contribution is 2.41. The van der Waals surface area contributed by atoms with E-state index in [4.69, 9.17) is 0 Å². The molecule has 1 atom stereocenters. The average molecular weight is 367 g/mol. The highest BCUT2D eigenvalue weighted by atomic mass is 19.1. The minimum atomic E-state index is -0.773. The van der Waals surface area contributed by atoms with Crippen LogP contribution in [0.3, 0.4) is 0 Å². The van der Waals surface area contributed by atoms with Gasteiger partial charge < -0.3 is 10.0 Å². The van der Waals surface area contributed by atoms with Crippen LogP contribution in [0.4, 0.5) is 4.39 Å². The smallest absolute Gasteiger partial charge is 0.290 e. The van der Waals surface area contributed by atoms with Gasteiger partial charge in [-0.25, -0.2) is 4.39 Å². The van der Waals surface area contributed by atoms with E-state index in [0.29, 0.717) is 5.56 Å². The number of hydrogen-bond donors (Lipinski definition) is 1. The van der Waals surface area contributed by atoms with Gasteiger partial charge in [0.25, 0.3) is 5.91 Å². The van der Waals surface area contributed by atoms with Gasteiger partial charge in [-0.2, -0.15) is 0 Å². The van der Waals surface area contributed by atoms with E-state index in [2.05, 4.69) is 0 Å². The zero-order chi connectivity index (χ0) is 19.8. The van der Waals surface area contributed by atoms with Gasteiger partial charge >= 0.3 is 0 Å². The van der Waals surface area contributed by atoms with Crippen molar-refractivity contribution in [3.63, 3.8) is 0 Å². The van der Waals surface area contributed by atoms with E-state index in [1.807, 2.05) is 30.3 Å². The first-order chi connectivity index (χ1) is 12.7. The summed E-state index contributed by atoms with van der Waals surface area (Å²) in [6.45, 7) is 5.44. The Labute approximate surface area is 157 Å². The van der Waals surface area contributed by atoms with Gasteiger partial charge in [0.05, 0.1) is 11.6 Å². The van der Waals surface area contributed by atoms with Crippen molar-refractivity contribution in [3.8, 4) is 0 Å². The zero-order valence-electron chi connectivity index (χ0n) is 15.6. The number of carbonyl (C=O) groups is 2. The average Bonchev–Trinajstić information content (AvgIpc) is 2.87. The van der Waals surface area contributed by atoms with E-state index < -0.39 is 28.9 Å². The van der Waals surface area contributed by atoms with Crippen LogP contribution in [0.2, 0.25) is 0 Å². The van der Waals surface area contributed by atoms with E-state index in [-0.39, 0.29) is 17.9 Å². The maximum atomic E-state index is 13.4. The number of hydrogen-bond acceptors (Lipinski definition) is 3. The van der Waals surface area contributed by atoms with E-state index in [1.54, 1.807) is 32.9 Å². The van der Waals surface area contributed by atoms with Crippen LogP contribution >= 0.6 is 0 Å². The summed E-state index contributed by atoms with van der Waals surface area (Å²) in [6.07, 6.45) is 0. The van der Waals surface area contributed by atoms with Crippen LogP contribution in [-0.4, -0.2) is 21.7 Å². The van der Waals surface area contributed by atoms with Crippen LogP contribution in [0.1, 0.15) is 37.9 Å². The largest absolute Gasteiger partial charge is 0.503 e. The Hall–Kier alpha value is -2.95. The molecule has 5 heteroatoms. The van der Waals surface area contributed by atoms with Crippen molar-refractivity contribution in [2.75, 3.05) is 0 Å². The molecule has 0 fully saturated rings. The first kappa shape index (κ1) is 18.8. The van der Waals surface area contributed by atoms with Crippen molar-refractivity contribution in [3.05, 3.63) is 82.9 Å². The zero-order valence-corrected chi connectivity index (χ0v) is 15.6. The molecule has 1 N–H and O–H groups in total. The molecule has 0 radical (unpaired) electrons. The van der Waals surface area contributed by atoms with Crippen molar-refractivity contribution in [2.24, 2.45) is 5.41 Å². The molecular weight excluding hydrogens is 345 g/mol. The highest BCUT2D eigenvalue weighted by molar-refractivity contribution is 6.10. The molecule has 0 spiro atoms. The van der Waals surface area contributed by atoms with Gasteiger partial charge in [-0.3, -0.25) is 9.59 Å². The minimum Gasteiger partial charge on any atom is -0.503 e. The Kier molecular flexibility index (Phi) is 4.87. The van der Waals surface area contributed by atoms with Gasteiger partial charge in [0.15, 0.2) is 11.5 Å². The van der Waals surface area contributed by atoms with Gasteiger partial charge in [-0.05, 0) is 23.3 Å². The van der Waals surface area contributed by atoms with Crippen molar-refractivity contribution in [1.82, 2.24) is 4.90 Å². The number of aliphatic hydroxyl groups is 1.